The van der Waals surface area contributed by atoms with Crippen LogP contribution in [0.15, 0.2) is 48.5 Å². The lowest BCUT2D eigenvalue weighted by Gasteiger charge is -2.22. The average molecular weight is 447 g/mol. The van der Waals surface area contributed by atoms with E-state index >= 15 is 0 Å². The number of ether oxygens (including phenoxy) is 3. The minimum absolute atomic E-state index is 0.0818. The van der Waals surface area contributed by atoms with Gasteiger partial charge in [-0.25, -0.2) is 0 Å². The summed E-state index contributed by atoms with van der Waals surface area (Å²) in [6.07, 6.45) is 2.04. The Balaban J connectivity index is 1.89. The van der Waals surface area contributed by atoms with E-state index in [1.165, 1.54) is 12.1 Å². The van der Waals surface area contributed by atoms with E-state index in [4.69, 9.17) is 14.2 Å². The molecule has 0 bridgehead atoms. The van der Waals surface area contributed by atoms with E-state index in [1.807, 2.05) is 4.90 Å². The van der Waals surface area contributed by atoms with Gasteiger partial charge < -0.3 is 14.2 Å². The van der Waals surface area contributed by atoms with Crippen molar-refractivity contribution in [3.8, 4) is 11.5 Å². The fraction of sp³-hybridized carbons (Fsp3) is 0.455. The number of nitro benzene ring substituents is 2. The first-order valence-electron chi connectivity index (χ1n) is 10.6. The Morgan fingerprint density at radius 2 is 1.22 bits per heavy atom. The smallest absolute Gasteiger partial charge is 0.310 e. The molecule has 0 aliphatic carbocycles. The minimum Gasteiger partial charge on any atom is -0.485 e. The number of hydrogen-bond donors (Lipinski definition) is 0. The molecule has 0 N–H and O–H groups in total. The van der Waals surface area contributed by atoms with Crippen LogP contribution in [-0.2, 0) is 4.74 Å². The van der Waals surface area contributed by atoms with E-state index in [2.05, 4.69) is 6.92 Å². The summed E-state index contributed by atoms with van der Waals surface area (Å²) in [7, 11) is 0. The largest absolute Gasteiger partial charge is 0.485 e. The first-order valence-corrected chi connectivity index (χ1v) is 10.6. The molecule has 0 aliphatic heterocycles. The molecule has 10 heteroatoms. The molecule has 2 aromatic carbocycles. The standard InChI is InChI=1S/C22H29N3O7/c1-2-3-15-30-16-12-23(13-17-31-21-10-6-4-8-19(21)24(26)27)14-18-32-22-11-7-5-9-20(22)25(28)29/h4-11H,2-3,12-18H2,1H3. The summed E-state index contributed by atoms with van der Waals surface area (Å²) < 4.78 is 16.9. The highest BCUT2D eigenvalue weighted by atomic mass is 16.6. The third kappa shape index (κ3) is 8.48. The Morgan fingerprint density at radius 1 is 0.750 bits per heavy atom. The molecular weight excluding hydrogens is 418 g/mol. The Labute approximate surface area is 187 Å². The van der Waals surface area contributed by atoms with Crippen molar-refractivity contribution in [2.45, 2.75) is 19.8 Å². The van der Waals surface area contributed by atoms with E-state index in [9.17, 15) is 20.2 Å². The predicted molar refractivity (Wildman–Crippen MR) is 119 cm³/mol. The van der Waals surface area contributed by atoms with Crippen molar-refractivity contribution < 1.29 is 24.1 Å². The lowest BCUT2D eigenvalue weighted by Crippen LogP contribution is -2.35. The summed E-state index contributed by atoms with van der Waals surface area (Å²) in [5.41, 5.74) is -0.164. The third-order valence-electron chi connectivity index (χ3n) is 4.65. The number of unbranched alkanes of at least 4 members (excludes halogenated alkanes) is 1. The molecule has 0 amide bonds. The number of para-hydroxylation sites is 4. The number of nitrogens with zero attached hydrogens (tertiary/aromatic N) is 3. The molecule has 32 heavy (non-hydrogen) atoms. The monoisotopic (exact) mass is 447 g/mol. The van der Waals surface area contributed by atoms with Crippen molar-refractivity contribution in [2.75, 3.05) is 46.1 Å². The quantitative estimate of drug-likeness (QED) is 0.215. The van der Waals surface area contributed by atoms with Crippen LogP contribution in [0.25, 0.3) is 0 Å². The second-order valence-electron chi connectivity index (χ2n) is 6.95. The second-order valence-corrected chi connectivity index (χ2v) is 6.95. The molecule has 2 aromatic rings. The summed E-state index contributed by atoms with van der Waals surface area (Å²) in [4.78, 5) is 23.3. The van der Waals surface area contributed by atoms with Gasteiger partial charge in [-0.3, -0.25) is 25.1 Å². The van der Waals surface area contributed by atoms with Crippen molar-refractivity contribution in [3.63, 3.8) is 0 Å². The van der Waals surface area contributed by atoms with Crippen LogP contribution < -0.4 is 9.47 Å². The zero-order valence-electron chi connectivity index (χ0n) is 18.2. The van der Waals surface area contributed by atoms with Gasteiger partial charge in [-0.2, -0.15) is 0 Å². The van der Waals surface area contributed by atoms with Crippen molar-refractivity contribution in [1.82, 2.24) is 4.90 Å². The first-order chi connectivity index (χ1) is 15.5. The number of hydrogen-bond acceptors (Lipinski definition) is 8. The highest BCUT2D eigenvalue weighted by Gasteiger charge is 2.16. The van der Waals surface area contributed by atoms with Gasteiger partial charge in [-0.15, -0.1) is 0 Å². The maximum atomic E-state index is 11.1. The average Bonchev–Trinajstić information content (AvgIpc) is 2.79. The fourth-order valence-electron chi connectivity index (χ4n) is 2.91. The van der Waals surface area contributed by atoms with E-state index in [1.54, 1.807) is 36.4 Å². The van der Waals surface area contributed by atoms with Crippen LogP contribution in [0.2, 0.25) is 0 Å². The fourth-order valence-corrected chi connectivity index (χ4v) is 2.91. The van der Waals surface area contributed by atoms with E-state index < -0.39 is 9.85 Å². The molecule has 0 spiro atoms. The Morgan fingerprint density at radius 3 is 1.69 bits per heavy atom. The van der Waals surface area contributed by atoms with Gasteiger partial charge in [0.05, 0.1) is 16.5 Å². The van der Waals surface area contributed by atoms with Gasteiger partial charge >= 0.3 is 11.4 Å². The molecule has 0 saturated heterocycles. The summed E-state index contributed by atoms with van der Waals surface area (Å²) in [6, 6.07) is 12.5. The SMILES string of the molecule is CCCCOCCN(CCOc1ccccc1[N+](=O)[O-])CCOc1ccccc1[N+](=O)[O-]. The van der Waals surface area contributed by atoms with Crippen LogP contribution in [0.3, 0.4) is 0 Å². The molecular formula is C22H29N3O7. The van der Waals surface area contributed by atoms with Crippen molar-refractivity contribution in [3.05, 3.63) is 68.8 Å². The number of nitro groups is 2. The van der Waals surface area contributed by atoms with Crippen LogP contribution in [0.4, 0.5) is 11.4 Å². The predicted octanol–water partition coefficient (Wildman–Crippen LogP) is 4.08. The molecule has 0 aromatic heterocycles. The molecule has 0 heterocycles. The zero-order valence-corrected chi connectivity index (χ0v) is 18.2. The van der Waals surface area contributed by atoms with Crippen LogP contribution in [-0.4, -0.2) is 60.8 Å². The first kappa shape index (κ1) is 25.0. The van der Waals surface area contributed by atoms with Gasteiger partial charge in [0.2, 0.25) is 0 Å². The summed E-state index contributed by atoms with van der Waals surface area (Å²) >= 11 is 0. The maximum Gasteiger partial charge on any atom is 0.310 e. The Hall–Kier alpha value is -3.24. The highest BCUT2D eigenvalue weighted by Crippen LogP contribution is 2.26. The van der Waals surface area contributed by atoms with E-state index in [0.717, 1.165) is 12.8 Å². The number of benzene rings is 2. The summed E-state index contributed by atoms with van der Waals surface area (Å²) in [6.45, 7) is 5.38. The van der Waals surface area contributed by atoms with Crippen molar-refractivity contribution in [1.29, 1.82) is 0 Å². The topological polar surface area (TPSA) is 117 Å². The molecule has 2 rings (SSSR count). The maximum absolute atomic E-state index is 11.1. The molecule has 0 aliphatic rings. The van der Waals surface area contributed by atoms with Crippen LogP contribution in [0.5, 0.6) is 11.5 Å². The molecule has 10 nitrogen and oxygen atoms in total. The van der Waals surface area contributed by atoms with Crippen LogP contribution in [0.1, 0.15) is 19.8 Å². The normalized spacial score (nSPS) is 10.8. The van der Waals surface area contributed by atoms with Gasteiger partial charge in [0.25, 0.3) is 0 Å². The molecule has 0 atom stereocenters. The van der Waals surface area contributed by atoms with Gasteiger partial charge in [0.15, 0.2) is 11.5 Å². The molecule has 0 radical (unpaired) electrons. The summed E-state index contributed by atoms with van der Waals surface area (Å²) in [5, 5.41) is 22.3. The van der Waals surface area contributed by atoms with Crippen LogP contribution >= 0.6 is 0 Å². The highest BCUT2D eigenvalue weighted by molar-refractivity contribution is 5.46. The van der Waals surface area contributed by atoms with E-state index in [0.29, 0.717) is 32.8 Å². The van der Waals surface area contributed by atoms with Gasteiger partial charge in [0.1, 0.15) is 13.2 Å². The van der Waals surface area contributed by atoms with Gasteiger partial charge in [-0.1, -0.05) is 37.6 Å². The Kier molecular flexibility index (Phi) is 10.9. The Bertz CT molecular complexity index is 799. The van der Waals surface area contributed by atoms with Crippen molar-refractivity contribution >= 4 is 11.4 Å². The lowest BCUT2D eigenvalue weighted by atomic mass is 10.3. The summed E-state index contributed by atoms with van der Waals surface area (Å²) in [5.74, 6) is 0.431. The van der Waals surface area contributed by atoms with Crippen LogP contribution in [0, 0.1) is 20.2 Å². The van der Waals surface area contributed by atoms with Gasteiger partial charge in [0, 0.05) is 38.4 Å². The van der Waals surface area contributed by atoms with Crippen molar-refractivity contribution in [2.24, 2.45) is 0 Å². The minimum atomic E-state index is -0.477. The van der Waals surface area contributed by atoms with E-state index in [-0.39, 0.29) is 36.1 Å². The zero-order chi connectivity index (χ0) is 23.2. The molecule has 0 fully saturated rings. The second kappa shape index (κ2) is 13.9. The van der Waals surface area contributed by atoms with Gasteiger partial charge in [-0.05, 0) is 18.6 Å². The lowest BCUT2D eigenvalue weighted by molar-refractivity contribution is -0.386. The number of rotatable bonds is 16. The molecule has 0 unspecified atom stereocenters. The molecule has 174 valence electrons. The third-order valence-corrected chi connectivity index (χ3v) is 4.65. The molecule has 0 saturated carbocycles.